The van der Waals surface area contributed by atoms with Crippen LogP contribution in [0.25, 0.3) is 0 Å². The standard InChI is InChI=1S/C15H29N3O3/c1-5-6-9-21-12-10-11(15(12,2)3)18(4)8-7-13(19)17-14(16)20/h11-12H,5-10H2,1-4H3,(H3,16,17,19,20)/t11-,12-/m0/s1. The monoisotopic (exact) mass is 299 g/mol. The van der Waals surface area contributed by atoms with Gasteiger partial charge in [-0.1, -0.05) is 27.2 Å². The third kappa shape index (κ3) is 4.97. The molecule has 1 aliphatic carbocycles. The lowest BCUT2D eigenvalue weighted by atomic mass is 9.64. The van der Waals surface area contributed by atoms with Gasteiger partial charge in [-0.05, 0) is 19.9 Å². The number of hydrogen-bond acceptors (Lipinski definition) is 4. The Balaban J connectivity index is 2.34. The molecule has 1 fully saturated rings. The first-order chi connectivity index (χ1) is 9.78. The molecule has 1 rings (SSSR count). The summed E-state index contributed by atoms with van der Waals surface area (Å²) in [6.45, 7) is 8.00. The molecule has 0 radical (unpaired) electrons. The molecule has 0 unspecified atom stereocenters. The molecule has 0 bridgehead atoms. The second-order valence-corrected chi connectivity index (χ2v) is 6.43. The molecule has 21 heavy (non-hydrogen) atoms. The van der Waals surface area contributed by atoms with Crippen LogP contribution in [0.5, 0.6) is 0 Å². The predicted molar refractivity (Wildman–Crippen MR) is 81.8 cm³/mol. The summed E-state index contributed by atoms with van der Waals surface area (Å²) in [7, 11) is 2.01. The van der Waals surface area contributed by atoms with Crippen molar-refractivity contribution in [2.45, 2.75) is 58.6 Å². The molecule has 0 spiro atoms. The lowest BCUT2D eigenvalue weighted by Gasteiger charge is -2.55. The first-order valence-electron chi connectivity index (χ1n) is 7.70. The number of amides is 3. The van der Waals surface area contributed by atoms with Gasteiger partial charge >= 0.3 is 6.03 Å². The molecule has 1 aliphatic rings. The Bertz CT molecular complexity index is 371. The third-order valence-electron chi connectivity index (χ3n) is 4.43. The van der Waals surface area contributed by atoms with Crippen molar-refractivity contribution in [3.05, 3.63) is 0 Å². The van der Waals surface area contributed by atoms with Gasteiger partial charge in [0.1, 0.15) is 0 Å². The Morgan fingerprint density at radius 1 is 1.43 bits per heavy atom. The summed E-state index contributed by atoms with van der Waals surface area (Å²) in [6.07, 6.45) is 3.79. The van der Waals surface area contributed by atoms with Crippen molar-refractivity contribution in [3.63, 3.8) is 0 Å². The van der Waals surface area contributed by atoms with Gasteiger partial charge in [0.2, 0.25) is 5.91 Å². The lowest BCUT2D eigenvalue weighted by molar-refractivity contribution is -0.149. The van der Waals surface area contributed by atoms with Gasteiger partial charge in [0, 0.05) is 31.0 Å². The van der Waals surface area contributed by atoms with E-state index in [2.05, 4.69) is 31.0 Å². The number of imide groups is 1. The molecule has 6 nitrogen and oxygen atoms in total. The van der Waals surface area contributed by atoms with Crippen LogP contribution in [0, 0.1) is 5.41 Å². The van der Waals surface area contributed by atoms with Crippen LogP contribution in [-0.2, 0) is 9.53 Å². The van der Waals surface area contributed by atoms with E-state index in [0.29, 0.717) is 12.6 Å². The van der Waals surface area contributed by atoms with Gasteiger partial charge in [-0.15, -0.1) is 0 Å². The van der Waals surface area contributed by atoms with E-state index in [9.17, 15) is 9.59 Å². The molecule has 122 valence electrons. The van der Waals surface area contributed by atoms with E-state index >= 15 is 0 Å². The van der Waals surface area contributed by atoms with E-state index in [4.69, 9.17) is 10.5 Å². The van der Waals surface area contributed by atoms with Crippen molar-refractivity contribution >= 4 is 11.9 Å². The summed E-state index contributed by atoms with van der Waals surface area (Å²) in [5, 5.41) is 2.09. The Hall–Kier alpha value is -1.14. The van der Waals surface area contributed by atoms with E-state index in [0.717, 1.165) is 25.9 Å². The highest BCUT2D eigenvalue weighted by Gasteiger charge is 2.50. The highest BCUT2D eigenvalue weighted by atomic mass is 16.5. The first kappa shape index (κ1) is 17.9. The summed E-state index contributed by atoms with van der Waals surface area (Å²) >= 11 is 0. The highest BCUT2D eigenvalue weighted by molar-refractivity contribution is 5.93. The molecule has 0 aliphatic heterocycles. The number of carbonyl (C=O) groups is 2. The summed E-state index contributed by atoms with van der Waals surface area (Å²) in [6, 6.07) is -0.401. The van der Waals surface area contributed by atoms with Crippen LogP contribution in [0.4, 0.5) is 4.79 Å². The largest absolute Gasteiger partial charge is 0.378 e. The van der Waals surface area contributed by atoms with Crippen molar-refractivity contribution in [1.29, 1.82) is 0 Å². The van der Waals surface area contributed by atoms with Gasteiger partial charge < -0.3 is 15.4 Å². The Kier molecular flexibility index (Phi) is 6.61. The molecular formula is C15H29N3O3. The van der Waals surface area contributed by atoms with E-state index in [1.165, 1.54) is 0 Å². The molecule has 0 aromatic heterocycles. The molecule has 2 atom stereocenters. The maximum atomic E-state index is 11.4. The van der Waals surface area contributed by atoms with E-state index < -0.39 is 6.03 Å². The number of nitrogens with zero attached hydrogens (tertiary/aromatic N) is 1. The van der Waals surface area contributed by atoms with Crippen molar-refractivity contribution in [2.24, 2.45) is 11.1 Å². The van der Waals surface area contributed by atoms with Gasteiger partial charge in [0.15, 0.2) is 0 Å². The second kappa shape index (κ2) is 7.75. The van der Waals surface area contributed by atoms with Crippen molar-refractivity contribution < 1.29 is 14.3 Å². The molecule has 6 heteroatoms. The van der Waals surface area contributed by atoms with E-state index in [1.807, 2.05) is 7.05 Å². The fourth-order valence-corrected chi connectivity index (χ4v) is 2.90. The minimum atomic E-state index is -0.795. The summed E-state index contributed by atoms with van der Waals surface area (Å²) in [4.78, 5) is 24.2. The maximum absolute atomic E-state index is 11.4. The van der Waals surface area contributed by atoms with Gasteiger partial charge in [-0.2, -0.15) is 0 Å². The Labute approximate surface area is 127 Å². The molecule has 0 aromatic rings. The minimum Gasteiger partial charge on any atom is -0.378 e. The zero-order chi connectivity index (χ0) is 16.0. The maximum Gasteiger partial charge on any atom is 0.318 e. The van der Waals surface area contributed by atoms with Crippen LogP contribution in [0.3, 0.4) is 0 Å². The highest BCUT2D eigenvalue weighted by Crippen LogP contribution is 2.45. The zero-order valence-corrected chi connectivity index (χ0v) is 13.6. The van der Waals surface area contributed by atoms with Crippen LogP contribution in [0.15, 0.2) is 0 Å². The van der Waals surface area contributed by atoms with Crippen molar-refractivity contribution in [1.82, 2.24) is 10.2 Å². The van der Waals surface area contributed by atoms with Gasteiger partial charge in [0.25, 0.3) is 0 Å². The van der Waals surface area contributed by atoms with Crippen molar-refractivity contribution in [2.75, 3.05) is 20.2 Å². The molecule has 1 saturated carbocycles. The SMILES string of the molecule is CCCCO[C@H]1C[C@H](N(C)CCC(=O)NC(N)=O)C1(C)C. The number of primary amides is 1. The molecule has 3 N–H and O–H groups in total. The van der Waals surface area contributed by atoms with Crippen LogP contribution >= 0.6 is 0 Å². The molecule has 0 aromatic carbocycles. The molecular weight excluding hydrogens is 270 g/mol. The van der Waals surface area contributed by atoms with Gasteiger partial charge in [-0.25, -0.2) is 4.79 Å². The topological polar surface area (TPSA) is 84.7 Å². The van der Waals surface area contributed by atoms with E-state index in [-0.39, 0.29) is 23.8 Å². The van der Waals surface area contributed by atoms with Crippen molar-refractivity contribution in [3.8, 4) is 0 Å². The average molecular weight is 299 g/mol. The summed E-state index contributed by atoms with van der Waals surface area (Å²) in [5.41, 5.74) is 5.00. The zero-order valence-electron chi connectivity index (χ0n) is 13.6. The number of nitrogens with one attached hydrogen (secondary N) is 1. The van der Waals surface area contributed by atoms with Crippen LogP contribution < -0.4 is 11.1 Å². The van der Waals surface area contributed by atoms with Crippen LogP contribution in [-0.4, -0.2) is 49.2 Å². The first-order valence-corrected chi connectivity index (χ1v) is 7.70. The summed E-state index contributed by atoms with van der Waals surface area (Å²) in [5.74, 6) is -0.331. The molecule has 0 saturated heterocycles. The number of nitrogens with two attached hydrogens (primary N) is 1. The Morgan fingerprint density at radius 3 is 2.62 bits per heavy atom. The Morgan fingerprint density at radius 2 is 2.10 bits per heavy atom. The predicted octanol–water partition coefficient (Wildman–Crippen LogP) is 1.49. The molecule has 0 heterocycles. The normalized spacial score (nSPS) is 23.7. The lowest BCUT2D eigenvalue weighted by Crippen LogP contribution is -2.61. The minimum absolute atomic E-state index is 0.0860. The summed E-state index contributed by atoms with van der Waals surface area (Å²) < 4.78 is 5.93. The average Bonchev–Trinajstić information content (AvgIpc) is 2.38. The van der Waals surface area contributed by atoms with Gasteiger partial charge in [-0.3, -0.25) is 10.1 Å². The quantitative estimate of drug-likeness (QED) is 0.665. The number of ether oxygens (including phenoxy) is 1. The van der Waals surface area contributed by atoms with Crippen LogP contribution in [0.2, 0.25) is 0 Å². The fourth-order valence-electron chi connectivity index (χ4n) is 2.90. The van der Waals surface area contributed by atoms with E-state index in [1.54, 1.807) is 0 Å². The number of unbranched alkanes of at least 4 members (excludes halogenated alkanes) is 1. The van der Waals surface area contributed by atoms with Gasteiger partial charge in [0.05, 0.1) is 6.10 Å². The fraction of sp³-hybridized carbons (Fsp3) is 0.867. The number of rotatable bonds is 8. The second-order valence-electron chi connectivity index (χ2n) is 6.43. The molecule has 3 amide bonds. The number of hydrogen-bond donors (Lipinski definition) is 2. The number of urea groups is 1. The number of carbonyl (C=O) groups excluding carboxylic acids is 2. The third-order valence-corrected chi connectivity index (χ3v) is 4.43. The smallest absolute Gasteiger partial charge is 0.318 e. The van der Waals surface area contributed by atoms with Crippen LogP contribution in [0.1, 0.15) is 46.5 Å².